The second kappa shape index (κ2) is 8.98. The molecule has 1 aromatic carbocycles. The number of carbonyl (C=O) groups excluding carboxylic acids is 3. The summed E-state index contributed by atoms with van der Waals surface area (Å²) in [5.74, 6) is -1.24. The monoisotopic (exact) mass is 372 g/mol. The predicted octanol–water partition coefficient (Wildman–Crippen LogP) is 1.39. The lowest BCUT2D eigenvalue weighted by Crippen LogP contribution is -2.31. The SMILES string of the molecule is CCNC(=O)c1ccc(OC(=O)CC(=O)NC(=N)/C=C(\N)C2CC2)cc1C. The topological polar surface area (TPSA) is 134 Å². The van der Waals surface area contributed by atoms with Crippen molar-refractivity contribution in [3.63, 3.8) is 0 Å². The van der Waals surface area contributed by atoms with Crippen LogP contribution in [0.4, 0.5) is 0 Å². The van der Waals surface area contributed by atoms with Crippen molar-refractivity contribution in [1.82, 2.24) is 10.6 Å². The van der Waals surface area contributed by atoms with Crippen LogP contribution in [0.15, 0.2) is 30.0 Å². The summed E-state index contributed by atoms with van der Waals surface area (Å²) in [6.07, 6.45) is 2.85. The number of rotatable bonds is 7. The van der Waals surface area contributed by atoms with Gasteiger partial charge in [0.1, 0.15) is 18.0 Å². The van der Waals surface area contributed by atoms with E-state index >= 15 is 0 Å². The van der Waals surface area contributed by atoms with Crippen molar-refractivity contribution >= 4 is 23.6 Å². The largest absolute Gasteiger partial charge is 0.426 e. The fourth-order valence-electron chi connectivity index (χ4n) is 2.44. The van der Waals surface area contributed by atoms with Crippen molar-refractivity contribution in [2.24, 2.45) is 11.7 Å². The minimum atomic E-state index is -0.760. The lowest BCUT2D eigenvalue weighted by molar-refractivity contribution is -0.138. The zero-order valence-electron chi connectivity index (χ0n) is 15.4. The van der Waals surface area contributed by atoms with Gasteiger partial charge < -0.3 is 21.1 Å². The van der Waals surface area contributed by atoms with Crippen LogP contribution in [0.25, 0.3) is 0 Å². The quantitative estimate of drug-likeness (QED) is 0.189. The van der Waals surface area contributed by atoms with E-state index in [1.807, 2.05) is 6.92 Å². The van der Waals surface area contributed by atoms with Crippen LogP contribution >= 0.6 is 0 Å². The molecule has 2 rings (SSSR count). The van der Waals surface area contributed by atoms with Gasteiger partial charge >= 0.3 is 5.97 Å². The fraction of sp³-hybridized carbons (Fsp3) is 0.368. The van der Waals surface area contributed by atoms with Gasteiger partial charge in [0.15, 0.2) is 0 Å². The highest BCUT2D eigenvalue weighted by Crippen LogP contribution is 2.33. The van der Waals surface area contributed by atoms with Gasteiger partial charge in [0.2, 0.25) is 5.91 Å². The summed E-state index contributed by atoms with van der Waals surface area (Å²) in [6.45, 7) is 4.07. The summed E-state index contributed by atoms with van der Waals surface area (Å²) in [6, 6.07) is 4.61. The molecular weight excluding hydrogens is 348 g/mol. The first kappa shape index (κ1) is 20.2. The molecule has 1 aromatic rings. The molecule has 8 nitrogen and oxygen atoms in total. The van der Waals surface area contributed by atoms with E-state index in [9.17, 15) is 14.4 Å². The molecule has 0 heterocycles. The predicted molar refractivity (Wildman–Crippen MR) is 100 cm³/mol. The zero-order chi connectivity index (χ0) is 20.0. The van der Waals surface area contributed by atoms with Crippen molar-refractivity contribution in [2.75, 3.05) is 6.54 Å². The molecule has 0 saturated heterocycles. The second-order valence-electron chi connectivity index (χ2n) is 6.37. The summed E-state index contributed by atoms with van der Waals surface area (Å²) < 4.78 is 5.13. The highest BCUT2D eigenvalue weighted by Gasteiger charge is 2.24. The third-order valence-corrected chi connectivity index (χ3v) is 3.95. The molecule has 1 fully saturated rings. The maximum absolute atomic E-state index is 11.9. The Labute approximate surface area is 157 Å². The average Bonchev–Trinajstić information content (AvgIpc) is 3.39. The molecule has 144 valence electrons. The normalized spacial score (nSPS) is 13.6. The van der Waals surface area contributed by atoms with Gasteiger partial charge in [-0.3, -0.25) is 19.8 Å². The zero-order valence-corrected chi connectivity index (χ0v) is 15.4. The number of amidine groups is 1. The number of benzene rings is 1. The number of carbonyl (C=O) groups is 3. The fourth-order valence-corrected chi connectivity index (χ4v) is 2.44. The van der Waals surface area contributed by atoms with Crippen molar-refractivity contribution in [2.45, 2.75) is 33.1 Å². The molecule has 0 bridgehead atoms. The molecule has 0 radical (unpaired) electrons. The molecule has 8 heteroatoms. The van der Waals surface area contributed by atoms with Crippen molar-refractivity contribution in [3.05, 3.63) is 41.1 Å². The summed E-state index contributed by atoms with van der Waals surface area (Å²) >= 11 is 0. The average molecular weight is 372 g/mol. The van der Waals surface area contributed by atoms with Gasteiger partial charge in [-0.05, 0) is 62.4 Å². The van der Waals surface area contributed by atoms with Crippen LogP contribution in [0.3, 0.4) is 0 Å². The number of hydrogen-bond acceptors (Lipinski definition) is 6. The van der Waals surface area contributed by atoms with E-state index < -0.39 is 18.3 Å². The summed E-state index contributed by atoms with van der Waals surface area (Å²) in [5.41, 5.74) is 7.47. The maximum atomic E-state index is 11.9. The first-order valence-electron chi connectivity index (χ1n) is 8.75. The van der Waals surface area contributed by atoms with Crippen LogP contribution in [0.5, 0.6) is 5.75 Å². The number of nitrogens with two attached hydrogens (primary N) is 1. The first-order valence-corrected chi connectivity index (χ1v) is 8.75. The number of hydrogen-bond donors (Lipinski definition) is 4. The van der Waals surface area contributed by atoms with Crippen LogP contribution < -0.4 is 21.1 Å². The maximum Gasteiger partial charge on any atom is 0.320 e. The van der Waals surface area contributed by atoms with Gasteiger partial charge in [-0.2, -0.15) is 0 Å². The van der Waals surface area contributed by atoms with E-state index in [1.54, 1.807) is 19.1 Å². The minimum absolute atomic E-state index is 0.153. The van der Waals surface area contributed by atoms with Crippen molar-refractivity contribution in [1.29, 1.82) is 5.41 Å². The number of esters is 1. The Morgan fingerprint density at radius 3 is 2.63 bits per heavy atom. The van der Waals surface area contributed by atoms with Gasteiger partial charge in [0.25, 0.3) is 5.91 Å². The van der Waals surface area contributed by atoms with Gasteiger partial charge in [-0.25, -0.2) is 0 Å². The molecule has 0 aliphatic heterocycles. The van der Waals surface area contributed by atoms with Gasteiger partial charge in [-0.1, -0.05) is 0 Å². The number of aryl methyl sites for hydroxylation is 1. The standard InChI is InChI=1S/C19H24N4O4/c1-3-22-19(26)14-7-6-13(8-11(14)2)27-18(25)10-17(24)23-16(21)9-15(20)12-4-5-12/h6-9,12H,3-5,10,20H2,1-2H3,(H,22,26)(H2,21,23,24)/b15-9-. The number of nitrogens with one attached hydrogen (secondary N) is 3. The van der Waals surface area contributed by atoms with Crippen LogP contribution in [0, 0.1) is 18.3 Å². The van der Waals surface area contributed by atoms with Crippen LogP contribution in [-0.4, -0.2) is 30.2 Å². The lowest BCUT2D eigenvalue weighted by atomic mass is 10.1. The molecular formula is C19H24N4O4. The smallest absolute Gasteiger partial charge is 0.320 e. The molecule has 0 spiro atoms. The Morgan fingerprint density at radius 1 is 1.33 bits per heavy atom. The Hall–Kier alpha value is -3.16. The highest BCUT2D eigenvalue weighted by atomic mass is 16.5. The Bertz CT molecular complexity index is 797. The molecule has 0 aromatic heterocycles. The van der Waals surface area contributed by atoms with Crippen LogP contribution in [-0.2, 0) is 9.59 Å². The van der Waals surface area contributed by atoms with Crippen LogP contribution in [0.1, 0.15) is 42.1 Å². The third kappa shape index (κ3) is 6.25. The van der Waals surface area contributed by atoms with Crippen molar-refractivity contribution < 1.29 is 19.1 Å². The van der Waals surface area contributed by atoms with Gasteiger partial charge in [-0.15, -0.1) is 0 Å². The second-order valence-corrected chi connectivity index (χ2v) is 6.37. The number of allylic oxidation sites excluding steroid dienone is 1. The summed E-state index contributed by atoms with van der Waals surface area (Å²) in [4.78, 5) is 35.6. The molecule has 1 saturated carbocycles. The van der Waals surface area contributed by atoms with Crippen LogP contribution in [0.2, 0.25) is 0 Å². The summed E-state index contributed by atoms with van der Waals surface area (Å²) in [7, 11) is 0. The van der Waals surface area contributed by atoms with Gasteiger partial charge in [0, 0.05) is 17.8 Å². The van der Waals surface area contributed by atoms with E-state index in [4.69, 9.17) is 15.9 Å². The van der Waals surface area contributed by atoms with E-state index in [0.29, 0.717) is 23.4 Å². The highest BCUT2D eigenvalue weighted by molar-refractivity contribution is 6.07. The van der Waals surface area contributed by atoms with E-state index in [1.165, 1.54) is 12.1 Å². The Kier molecular flexibility index (Phi) is 6.70. The first-order chi connectivity index (χ1) is 12.8. The molecule has 27 heavy (non-hydrogen) atoms. The molecule has 1 aliphatic rings. The van der Waals surface area contributed by atoms with E-state index in [2.05, 4.69) is 10.6 Å². The van der Waals surface area contributed by atoms with E-state index in [0.717, 1.165) is 12.8 Å². The minimum Gasteiger partial charge on any atom is -0.426 e. The number of ether oxygens (including phenoxy) is 1. The molecule has 0 unspecified atom stereocenters. The molecule has 5 N–H and O–H groups in total. The van der Waals surface area contributed by atoms with Crippen molar-refractivity contribution in [3.8, 4) is 5.75 Å². The molecule has 0 atom stereocenters. The third-order valence-electron chi connectivity index (χ3n) is 3.95. The summed E-state index contributed by atoms with van der Waals surface area (Å²) in [5, 5.41) is 12.7. The molecule has 2 amide bonds. The van der Waals surface area contributed by atoms with Gasteiger partial charge in [0.05, 0.1) is 0 Å². The number of amides is 2. The van der Waals surface area contributed by atoms with E-state index in [-0.39, 0.29) is 23.4 Å². The Balaban J connectivity index is 1.86. The molecule has 1 aliphatic carbocycles. The Morgan fingerprint density at radius 2 is 2.04 bits per heavy atom. The lowest BCUT2D eigenvalue weighted by Gasteiger charge is -2.09.